The highest BCUT2D eigenvalue weighted by molar-refractivity contribution is 6.13. The zero-order valence-corrected chi connectivity index (χ0v) is 13.6. The maximum Gasteiger partial charge on any atom is 0.339 e. The predicted octanol–water partition coefficient (Wildman–Crippen LogP) is 1.75. The lowest BCUT2D eigenvalue weighted by atomic mass is 9.65. The summed E-state index contributed by atoms with van der Waals surface area (Å²) in [6.07, 6.45) is -0.761. The summed E-state index contributed by atoms with van der Waals surface area (Å²) in [5.74, 6) is -2.91. The van der Waals surface area contributed by atoms with Gasteiger partial charge in [0.15, 0.2) is 11.9 Å². The number of esters is 1. The van der Waals surface area contributed by atoms with Crippen molar-refractivity contribution in [3.8, 4) is 0 Å². The van der Waals surface area contributed by atoms with E-state index in [1.54, 1.807) is 31.2 Å². The number of hydrogen-bond donors (Lipinski definition) is 2. The fraction of sp³-hybridized carbons (Fsp3) is 0.278. The van der Waals surface area contributed by atoms with E-state index in [-0.39, 0.29) is 29.1 Å². The van der Waals surface area contributed by atoms with E-state index < -0.39 is 29.2 Å². The van der Waals surface area contributed by atoms with E-state index in [9.17, 15) is 24.6 Å². The van der Waals surface area contributed by atoms with Gasteiger partial charge in [0.05, 0.1) is 12.0 Å². The summed E-state index contributed by atoms with van der Waals surface area (Å²) >= 11 is 0. The van der Waals surface area contributed by atoms with E-state index >= 15 is 0 Å². The molecule has 1 aromatic carbocycles. The number of aliphatic hydroxyl groups is 1. The minimum atomic E-state index is -1.71. The second-order valence-corrected chi connectivity index (χ2v) is 5.89. The van der Waals surface area contributed by atoms with Crippen molar-refractivity contribution in [1.82, 2.24) is 0 Å². The lowest BCUT2D eigenvalue weighted by Crippen LogP contribution is -2.48. The molecule has 0 bridgehead atoms. The Morgan fingerprint density at radius 3 is 2.64 bits per heavy atom. The maximum atomic E-state index is 12.7. The highest BCUT2D eigenvalue weighted by atomic mass is 16.5. The number of hydrogen-bond acceptors (Lipinski definition) is 6. The number of carboxylic acids is 1. The number of benzene rings is 1. The van der Waals surface area contributed by atoms with Crippen LogP contribution in [0.3, 0.4) is 0 Å². The maximum absolute atomic E-state index is 12.7. The SMILES string of the molecule is CCOC(=O)[C@@H](O)[C@]1(C)c2ccccc2C(=O)c2occ(C(=O)O)c21. The van der Waals surface area contributed by atoms with Crippen molar-refractivity contribution in [3.05, 3.63) is 58.5 Å². The van der Waals surface area contributed by atoms with Gasteiger partial charge < -0.3 is 19.4 Å². The molecule has 2 aromatic rings. The number of carboxylic acid groups (broad SMARTS) is 1. The monoisotopic (exact) mass is 344 g/mol. The number of ketones is 1. The molecule has 0 spiro atoms. The first-order chi connectivity index (χ1) is 11.8. The third-order valence-electron chi connectivity index (χ3n) is 4.53. The average Bonchev–Trinajstić information content (AvgIpc) is 3.05. The van der Waals surface area contributed by atoms with E-state index in [4.69, 9.17) is 9.15 Å². The number of aliphatic hydroxyl groups excluding tert-OH is 1. The van der Waals surface area contributed by atoms with Crippen LogP contribution in [0.5, 0.6) is 0 Å². The molecular formula is C18H16O7. The Hall–Kier alpha value is -2.93. The van der Waals surface area contributed by atoms with Gasteiger partial charge >= 0.3 is 11.9 Å². The Balaban J connectivity index is 2.33. The Labute approximate surface area is 142 Å². The standard InChI is InChI=1S/C18H16O7/c1-3-24-17(23)15(20)18(2)11-7-5-4-6-9(11)13(19)14-12(18)10(8-25-14)16(21)22/h4-8,15,20H,3H2,1-2H3,(H,21,22)/t15-,18-/m1/s1. The first-order valence-electron chi connectivity index (χ1n) is 7.68. The largest absolute Gasteiger partial charge is 0.478 e. The van der Waals surface area contributed by atoms with Gasteiger partial charge in [-0.1, -0.05) is 24.3 Å². The molecule has 130 valence electrons. The van der Waals surface area contributed by atoms with Gasteiger partial charge in [-0.05, 0) is 19.4 Å². The summed E-state index contributed by atoms with van der Waals surface area (Å²) in [5.41, 5.74) is -1.22. The number of carbonyl (C=O) groups is 3. The van der Waals surface area contributed by atoms with Gasteiger partial charge in [0, 0.05) is 11.1 Å². The zero-order chi connectivity index (χ0) is 18.4. The number of furan rings is 1. The lowest BCUT2D eigenvalue weighted by Gasteiger charge is -2.37. The molecule has 7 heteroatoms. The molecule has 0 saturated carbocycles. The van der Waals surface area contributed by atoms with Crippen molar-refractivity contribution in [1.29, 1.82) is 0 Å². The molecule has 0 amide bonds. The highest BCUT2D eigenvalue weighted by Gasteiger charge is 2.52. The molecule has 2 atom stereocenters. The quantitative estimate of drug-likeness (QED) is 0.812. The van der Waals surface area contributed by atoms with E-state index in [1.165, 1.54) is 6.92 Å². The molecular weight excluding hydrogens is 328 g/mol. The van der Waals surface area contributed by atoms with Crippen molar-refractivity contribution >= 4 is 17.7 Å². The normalized spacial score (nSPS) is 19.7. The molecule has 7 nitrogen and oxygen atoms in total. The first kappa shape index (κ1) is 16.9. The lowest BCUT2D eigenvalue weighted by molar-refractivity contribution is -0.156. The van der Waals surface area contributed by atoms with Crippen LogP contribution in [0.2, 0.25) is 0 Å². The summed E-state index contributed by atoms with van der Waals surface area (Å²) in [6.45, 7) is 3.15. The zero-order valence-electron chi connectivity index (χ0n) is 13.6. The molecule has 1 aliphatic rings. The molecule has 1 aliphatic carbocycles. The van der Waals surface area contributed by atoms with Crippen LogP contribution in [0.4, 0.5) is 0 Å². The number of rotatable bonds is 4. The van der Waals surface area contributed by atoms with Crippen LogP contribution in [0.1, 0.15) is 51.5 Å². The van der Waals surface area contributed by atoms with Gasteiger partial charge in [-0.25, -0.2) is 9.59 Å². The van der Waals surface area contributed by atoms with Crippen LogP contribution >= 0.6 is 0 Å². The van der Waals surface area contributed by atoms with Crippen LogP contribution in [-0.2, 0) is 14.9 Å². The van der Waals surface area contributed by atoms with Gasteiger partial charge in [-0.3, -0.25) is 4.79 Å². The average molecular weight is 344 g/mol. The minimum absolute atomic E-state index is 0.0238. The van der Waals surface area contributed by atoms with Crippen molar-refractivity contribution in [2.75, 3.05) is 6.61 Å². The summed E-state index contributed by atoms with van der Waals surface area (Å²) in [7, 11) is 0. The molecule has 2 N–H and O–H groups in total. The fourth-order valence-corrected chi connectivity index (χ4v) is 3.33. The van der Waals surface area contributed by atoms with E-state index in [2.05, 4.69) is 0 Å². The molecule has 0 radical (unpaired) electrons. The van der Waals surface area contributed by atoms with E-state index in [0.717, 1.165) is 6.26 Å². The molecule has 0 fully saturated rings. The molecule has 3 rings (SSSR count). The summed E-state index contributed by atoms with van der Waals surface area (Å²) in [5, 5.41) is 20.2. The Kier molecular flexibility index (Phi) is 3.96. The van der Waals surface area contributed by atoms with Crippen molar-refractivity contribution in [3.63, 3.8) is 0 Å². The van der Waals surface area contributed by atoms with Crippen LogP contribution in [0.15, 0.2) is 34.9 Å². The van der Waals surface area contributed by atoms with Crippen LogP contribution in [0, 0.1) is 0 Å². The molecule has 0 saturated heterocycles. The van der Waals surface area contributed by atoms with Crippen molar-refractivity contribution in [2.24, 2.45) is 0 Å². The summed E-state index contributed by atoms with van der Waals surface area (Å²) < 4.78 is 10.1. The third kappa shape index (κ3) is 2.27. The Morgan fingerprint density at radius 1 is 1.32 bits per heavy atom. The van der Waals surface area contributed by atoms with Gasteiger partial charge in [-0.2, -0.15) is 0 Å². The fourth-order valence-electron chi connectivity index (χ4n) is 3.33. The molecule has 1 heterocycles. The van der Waals surface area contributed by atoms with Crippen molar-refractivity contribution < 1.29 is 33.8 Å². The van der Waals surface area contributed by atoms with Crippen LogP contribution < -0.4 is 0 Å². The number of aromatic carboxylic acids is 1. The van der Waals surface area contributed by atoms with Gasteiger partial charge in [0.1, 0.15) is 11.8 Å². The van der Waals surface area contributed by atoms with Crippen molar-refractivity contribution in [2.45, 2.75) is 25.4 Å². The second-order valence-electron chi connectivity index (χ2n) is 5.89. The van der Waals surface area contributed by atoms with Gasteiger partial charge in [0.25, 0.3) is 0 Å². The number of carbonyl (C=O) groups excluding carboxylic acids is 2. The summed E-state index contributed by atoms with van der Waals surface area (Å²) in [4.78, 5) is 36.5. The minimum Gasteiger partial charge on any atom is -0.478 e. The van der Waals surface area contributed by atoms with E-state index in [1.807, 2.05) is 0 Å². The predicted molar refractivity (Wildman–Crippen MR) is 84.6 cm³/mol. The number of fused-ring (bicyclic) bond motifs is 2. The molecule has 1 aromatic heterocycles. The third-order valence-corrected chi connectivity index (χ3v) is 4.53. The molecule has 0 unspecified atom stereocenters. The van der Waals surface area contributed by atoms with Gasteiger partial charge in [0.2, 0.25) is 5.78 Å². The smallest absolute Gasteiger partial charge is 0.339 e. The molecule has 0 aliphatic heterocycles. The van der Waals surface area contributed by atoms with Crippen LogP contribution in [0.25, 0.3) is 0 Å². The first-order valence-corrected chi connectivity index (χ1v) is 7.68. The Morgan fingerprint density at radius 2 is 2.00 bits per heavy atom. The molecule has 25 heavy (non-hydrogen) atoms. The highest BCUT2D eigenvalue weighted by Crippen LogP contribution is 2.46. The Bertz CT molecular complexity index is 879. The van der Waals surface area contributed by atoms with Crippen LogP contribution in [-0.4, -0.2) is 40.6 Å². The van der Waals surface area contributed by atoms with E-state index in [0.29, 0.717) is 5.56 Å². The summed E-state index contributed by atoms with van der Waals surface area (Å²) in [6, 6.07) is 6.41. The number of ether oxygens (including phenoxy) is 1. The second kappa shape index (κ2) is 5.86. The van der Waals surface area contributed by atoms with Gasteiger partial charge in [-0.15, -0.1) is 0 Å². The topological polar surface area (TPSA) is 114 Å².